The van der Waals surface area contributed by atoms with Gasteiger partial charge in [0, 0.05) is 31.2 Å². The van der Waals surface area contributed by atoms with Crippen LogP contribution in [0.5, 0.6) is 0 Å². The van der Waals surface area contributed by atoms with Crippen LogP contribution >= 0.6 is 0 Å². The summed E-state index contributed by atoms with van der Waals surface area (Å²) in [6.45, 7) is 10.00. The second kappa shape index (κ2) is 8.44. The van der Waals surface area contributed by atoms with E-state index in [0.717, 1.165) is 38.8 Å². The van der Waals surface area contributed by atoms with Crippen molar-refractivity contribution in [1.29, 1.82) is 0 Å². The van der Waals surface area contributed by atoms with Crippen LogP contribution in [0.15, 0.2) is 0 Å². The number of unbranched alkanes of at least 4 members (excludes halogenated alkanes) is 1. The molecule has 0 radical (unpaired) electrons. The number of likely N-dealkylation sites (N-methyl/N-ethyl adjacent to an activating group) is 1. The van der Waals surface area contributed by atoms with Crippen molar-refractivity contribution in [3.63, 3.8) is 0 Å². The third-order valence-electron chi connectivity index (χ3n) is 5.21. The molecule has 2 saturated heterocycles. The molecule has 2 atom stereocenters. The minimum absolute atomic E-state index is 0.110. The van der Waals surface area contributed by atoms with Crippen molar-refractivity contribution in [2.75, 3.05) is 59.6 Å². The van der Waals surface area contributed by atoms with Crippen LogP contribution < -0.4 is 5.32 Å². The summed E-state index contributed by atoms with van der Waals surface area (Å²) in [7, 11) is 1.93. The third kappa shape index (κ3) is 5.18. The molecule has 0 amide bonds. The molecular weight excluding hydrogens is 266 g/mol. The fourth-order valence-corrected chi connectivity index (χ4v) is 3.39. The number of morpholine rings is 1. The summed E-state index contributed by atoms with van der Waals surface area (Å²) in [5.74, 6) is 0. The molecule has 5 heteroatoms. The first-order chi connectivity index (χ1) is 10.2. The highest BCUT2D eigenvalue weighted by atomic mass is 16.5. The van der Waals surface area contributed by atoms with Gasteiger partial charge in [-0.1, -0.05) is 6.42 Å². The summed E-state index contributed by atoms with van der Waals surface area (Å²) in [6, 6.07) is 0.744. The minimum atomic E-state index is -0.110. The standard InChI is InChI=1S/C16H33N3O2/c1-16(14-20,17-2)6-3-4-7-18-8-5-15(13-18)19-9-11-21-12-10-19/h15,17,20H,3-14H2,1-2H3. The lowest BCUT2D eigenvalue weighted by atomic mass is 9.96. The largest absolute Gasteiger partial charge is 0.394 e. The van der Waals surface area contributed by atoms with Crippen LogP contribution in [0.1, 0.15) is 32.6 Å². The highest BCUT2D eigenvalue weighted by molar-refractivity contribution is 4.85. The van der Waals surface area contributed by atoms with Crippen molar-refractivity contribution in [3.8, 4) is 0 Å². The van der Waals surface area contributed by atoms with Gasteiger partial charge in [0.1, 0.15) is 0 Å². The summed E-state index contributed by atoms with van der Waals surface area (Å²) in [5, 5.41) is 12.6. The number of ether oxygens (including phenoxy) is 1. The predicted octanol–water partition coefficient (Wildman–Crippen LogP) is 0.534. The summed E-state index contributed by atoms with van der Waals surface area (Å²) in [5.41, 5.74) is -0.110. The van der Waals surface area contributed by atoms with Crippen molar-refractivity contribution in [2.24, 2.45) is 0 Å². The number of aliphatic hydroxyl groups excluding tert-OH is 1. The SMILES string of the molecule is CNC(C)(CO)CCCCN1CCC(N2CCOCC2)C1. The normalized spacial score (nSPS) is 27.9. The molecule has 0 aliphatic carbocycles. The Bertz CT molecular complexity index is 291. The second-order valence-electron chi connectivity index (χ2n) is 6.82. The second-order valence-corrected chi connectivity index (χ2v) is 6.82. The first-order valence-electron chi connectivity index (χ1n) is 8.51. The molecule has 0 bridgehead atoms. The maximum Gasteiger partial charge on any atom is 0.0610 e. The van der Waals surface area contributed by atoms with E-state index in [9.17, 15) is 5.11 Å². The van der Waals surface area contributed by atoms with E-state index in [4.69, 9.17) is 4.74 Å². The molecule has 0 saturated carbocycles. The van der Waals surface area contributed by atoms with Crippen molar-refractivity contribution in [2.45, 2.75) is 44.2 Å². The zero-order valence-corrected chi connectivity index (χ0v) is 13.8. The Hall–Kier alpha value is -0.200. The monoisotopic (exact) mass is 299 g/mol. The Morgan fingerprint density at radius 3 is 2.67 bits per heavy atom. The maximum atomic E-state index is 9.39. The van der Waals surface area contributed by atoms with E-state index in [1.54, 1.807) is 0 Å². The number of nitrogens with one attached hydrogen (secondary N) is 1. The van der Waals surface area contributed by atoms with Gasteiger partial charge >= 0.3 is 0 Å². The fraction of sp³-hybridized carbons (Fsp3) is 1.00. The van der Waals surface area contributed by atoms with Gasteiger partial charge in [0.25, 0.3) is 0 Å². The van der Waals surface area contributed by atoms with Crippen molar-refractivity contribution >= 4 is 0 Å². The Balaban J connectivity index is 1.60. The lowest BCUT2D eigenvalue weighted by Crippen LogP contribution is -2.44. The molecule has 0 spiro atoms. The summed E-state index contributed by atoms with van der Waals surface area (Å²) in [4.78, 5) is 5.21. The molecule has 2 N–H and O–H groups in total. The summed E-state index contributed by atoms with van der Waals surface area (Å²) < 4.78 is 5.44. The molecule has 2 heterocycles. The first kappa shape index (κ1) is 17.2. The van der Waals surface area contributed by atoms with Gasteiger partial charge in [0.05, 0.1) is 19.8 Å². The molecule has 2 aliphatic rings. The zero-order chi connectivity index (χ0) is 15.1. The Morgan fingerprint density at radius 1 is 1.24 bits per heavy atom. The number of rotatable bonds is 8. The van der Waals surface area contributed by atoms with Gasteiger partial charge in [0.2, 0.25) is 0 Å². The van der Waals surface area contributed by atoms with Crippen LogP contribution in [0, 0.1) is 0 Å². The van der Waals surface area contributed by atoms with Crippen LogP contribution in [0.25, 0.3) is 0 Å². The van der Waals surface area contributed by atoms with E-state index in [1.165, 1.54) is 38.9 Å². The number of hydrogen-bond donors (Lipinski definition) is 2. The topological polar surface area (TPSA) is 48.0 Å². The lowest BCUT2D eigenvalue weighted by molar-refractivity contribution is 0.0185. The molecule has 0 aromatic heterocycles. The fourth-order valence-electron chi connectivity index (χ4n) is 3.39. The van der Waals surface area contributed by atoms with E-state index in [1.807, 2.05) is 7.05 Å². The minimum Gasteiger partial charge on any atom is -0.394 e. The van der Waals surface area contributed by atoms with E-state index in [-0.39, 0.29) is 12.1 Å². The summed E-state index contributed by atoms with van der Waals surface area (Å²) >= 11 is 0. The van der Waals surface area contributed by atoms with Crippen molar-refractivity contribution in [1.82, 2.24) is 15.1 Å². The zero-order valence-electron chi connectivity index (χ0n) is 13.8. The van der Waals surface area contributed by atoms with E-state index in [0.29, 0.717) is 0 Å². The average molecular weight is 299 g/mol. The number of aliphatic hydroxyl groups is 1. The molecule has 124 valence electrons. The molecule has 21 heavy (non-hydrogen) atoms. The summed E-state index contributed by atoms with van der Waals surface area (Å²) in [6.07, 6.45) is 4.76. The molecule has 2 unspecified atom stereocenters. The van der Waals surface area contributed by atoms with E-state index >= 15 is 0 Å². The number of likely N-dealkylation sites (tertiary alicyclic amines) is 1. The maximum absolute atomic E-state index is 9.39. The average Bonchev–Trinajstić information content (AvgIpc) is 3.01. The van der Waals surface area contributed by atoms with Crippen LogP contribution in [0.3, 0.4) is 0 Å². The highest BCUT2D eigenvalue weighted by Crippen LogP contribution is 2.18. The van der Waals surface area contributed by atoms with E-state index in [2.05, 4.69) is 22.0 Å². The van der Waals surface area contributed by atoms with E-state index < -0.39 is 0 Å². The smallest absolute Gasteiger partial charge is 0.0610 e. The lowest BCUT2D eigenvalue weighted by Gasteiger charge is -2.32. The van der Waals surface area contributed by atoms with Crippen LogP contribution in [-0.4, -0.2) is 86.1 Å². The number of nitrogens with zero attached hydrogens (tertiary/aromatic N) is 2. The molecule has 2 fully saturated rings. The van der Waals surface area contributed by atoms with Gasteiger partial charge < -0.3 is 20.1 Å². The molecule has 0 aromatic rings. The number of hydrogen-bond acceptors (Lipinski definition) is 5. The van der Waals surface area contributed by atoms with Crippen molar-refractivity contribution < 1.29 is 9.84 Å². The van der Waals surface area contributed by atoms with Crippen molar-refractivity contribution in [3.05, 3.63) is 0 Å². The Kier molecular flexibility index (Phi) is 6.89. The highest BCUT2D eigenvalue weighted by Gasteiger charge is 2.28. The Labute approximate surface area is 129 Å². The van der Waals surface area contributed by atoms with Gasteiger partial charge in [-0.3, -0.25) is 4.90 Å². The molecule has 0 aromatic carbocycles. The third-order valence-corrected chi connectivity index (χ3v) is 5.21. The first-order valence-corrected chi connectivity index (χ1v) is 8.51. The van der Waals surface area contributed by atoms with Crippen LogP contribution in [0.4, 0.5) is 0 Å². The van der Waals surface area contributed by atoms with Gasteiger partial charge in [-0.05, 0) is 46.3 Å². The molecule has 5 nitrogen and oxygen atoms in total. The van der Waals surface area contributed by atoms with Gasteiger partial charge in [-0.15, -0.1) is 0 Å². The van der Waals surface area contributed by atoms with Gasteiger partial charge in [0.15, 0.2) is 0 Å². The van der Waals surface area contributed by atoms with Gasteiger partial charge in [-0.2, -0.15) is 0 Å². The van der Waals surface area contributed by atoms with Gasteiger partial charge in [-0.25, -0.2) is 0 Å². The van der Waals surface area contributed by atoms with Crippen LogP contribution in [0.2, 0.25) is 0 Å². The predicted molar refractivity (Wildman–Crippen MR) is 85.6 cm³/mol. The Morgan fingerprint density at radius 2 is 2.00 bits per heavy atom. The van der Waals surface area contributed by atoms with Crippen LogP contribution in [-0.2, 0) is 4.74 Å². The molecule has 2 rings (SSSR count). The quantitative estimate of drug-likeness (QED) is 0.641. The molecular formula is C16H33N3O2. The molecule has 2 aliphatic heterocycles.